The van der Waals surface area contributed by atoms with Crippen LogP contribution in [0.3, 0.4) is 0 Å². The Kier molecular flexibility index (Phi) is 5.18. The number of aryl methyl sites for hydroxylation is 1. The third-order valence-electron chi connectivity index (χ3n) is 5.10. The predicted octanol–water partition coefficient (Wildman–Crippen LogP) is 0.240. The van der Waals surface area contributed by atoms with Crippen LogP contribution in [0.25, 0.3) is 0 Å². The van der Waals surface area contributed by atoms with Crippen LogP contribution in [0.2, 0.25) is 0 Å². The van der Waals surface area contributed by atoms with Crippen LogP contribution in [0.5, 0.6) is 0 Å². The van der Waals surface area contributed by atoms with E-state index in [2.05, 4.69) is 15.7 Å². The Balaban J connectivity index is 1.60. The first kappa shape index (κ1) is 17.0. The second-order valence-corrected chi connectivity index (χ2v) is 6.93. The summed E-state index contributed by atoms with van der Waals surface area (Å²) < 4.78 is 1.76. The molecule has 2 saturated heterocycles. The molecule has 2 aliphatic rings. The fraction of sp³-hybridized carbons (Fsp3) is 0.706. The average Bonchev–Trinajstić information content (AvgIpc) is 3.23. The molecule has 2 N–H and O–H groups in total. The van der Waals surface area contributed by atoms with Crippen molar-refractivity contribution in [3.05, 3.63) is 18.0 Å². The smallest absolute Gasteiger partial charge is 0.244 e. The van der Waals surface area contributed by atoms with Crippen LogP contribution in [0.15, 0.2) is 12.4 Å². The van der Waals surface area contributed by atoms with Gasteiger partial charge in [0.15, 0.2) is 0 Å². The molecule has 7 heteroatoms. The van der Waals surface area contributed by atoms with Crippen LogP contribution in [0, 0.1) is 5.92 Å². The number of piperidine rings is 1. The summed E-state index contributed by atoms with van der Waals surface area (Å²) >= 11 is 0. The highest BCUT2D eigenvalue weighted by molar-refractivity contribution is 5.89. The summed E-state index contributed by atoms with van der Waals surface area (Å²) in [6.07, 6.45) is 7.08. The van der Waals surface area contributed by atoms with E-state index in [1.165, 1.54) is 6.42 Å². The minimum absolute atomic E-state index is 0.0342. The molecule has 0 spiro atoms. The van der Waals surface area contributed by atoms with Gasteiger partial charge in [0.2, 0.25) is 11.8 Å². The highest BCUT2D eigenvalue weighted by Gasteiger charge is 2.36. The van der Waals surface area contributed by atoms with Crippen LogP contribution in [-0.4, -0.2) is 58.7 Å². The second-order valence-electron chi connectivity index (χ2n) is 6.93. The first-order valence-corrected chi connectivity index (χ1v) is 8.84. The van der Waals surface area contributed by atoms with Crippen molar-refractivity contribution in [2.45, 2.75) is 38.1 Å². The van der Waals surface area contributed by atoms with E-state index in [9.17, 15) is 9.59 Å². The van der Waals surface area contributed by atoms with Gasteiger partial charge < -0.3 is 15.5 Å². The van der Waals surface area contributed by atoms with Crippen LogP contribution < -0.4 is 10.6 Å². The quantitative estimate of drug-likeness (QED) is 0.827. The molecule has 2 aliphatic heterocycles. The number of carbonyl (C=O) groups excluding carboxylic acids is 2. The van der Waals surface area contributed by atoms with E-state index in [0.29, 0.717) is 6.54 Å². The van der Waals surface area contributed by atoms with Gasteiger partial charge in [-0.3, -0.25) is 14.3 Å². The minimum atomic E-state index is -0.467. The Hall–Kier alpha value is -1.89. The molecule has 2 amide bonds. The van der Waals surface area contributed by atoms with Gasteiger partial charge >= 0.3 is 0 Å². The van der Waals surface area contributed by atoms with E-state index in [-0.39, 0.29) is 23.7 Å². The lowest BCUT2D eigenvalue weighted by molar-refractivity contribution is -0.137. The summed E-state index contributed by atoms with van der Waals surface area (Å²) in [5, 5.41) is 10.4. The van der Waals surface area contributed by atoms with E-state index in [4.69, 9.17) is 0 Å². The van der Waals surface area contributed by atoms with Crippen molar-refractivity contribution in [1.82, 2.24) is 25.3 Å². The fourth-order valence-electron chi connectivity index (χ4n) is 3.71. The maximum atomic E-state index is 12.7. The lowest BCUT2D eigenvalue weighted by Crippen LogP contribution is -2.50. The molecule has 0 radical (unpaired) electrons. The third-order valence-corrected chi connectivity index (χ3v) is 5.10. The molecule has 132 valence electrons. The SMILES string of the molecule is C[C@H](NC(=O)[C@H]1CNC[C@@H]1c1cnn(C)c1)C(=O)N1CCCCC1. The zero-order valence-electron chi connectivity index (χ0n) is 14.5. The molecule has 7 nitrogen and oxygen atoms in total. The molecular weight excluding hydrogens is 306 g/mol. The largest absolute Gasteiger partial charge is 0.344 e. The summed E-state index contributed by atoms with van der Waals surface area (Å²) in [4.78, 5) is 27.0. The van der Waals surface area contributed by atoms with E-state index in [1.807, 2.05) is 24.3 Å². The van der Waals surface area contributed by atoms with E-state index in [0.717, 1.165) is 38.0 Å². The zero-order chi connectivity index (χ0) is 17.1. The Bertz CT molecular complexity index is 594. The van der Waals surface area contributed by atoms with Crippen molar-refractivity contribution < 1.29 is 9.59 Å². The molecule has 2 fully saturated rings. The number of carbonyl (C=O) groups is 2. The van der Waals surface area contributed by atoms with Gasteiger partial charge in [0.25, 0.3) is 0 Å². The van der Waals surface area contributed by atoms with Crippen LogP contribution in [0.1, 0.15) is 37.7 Å². The number of likely N-dealkylation sites (tertiary alicyclic amines) is 1. The van der Waals surface area contributed by atoms with Crippen molar-refractivity contribution in [2.24, 2.45) is 13.0 Å². The molecule has 1 aromatic heterocycles. The molecule has 0 aromatic carbocycles. The highest BCUT2D eigenvalue weighted by Crippen LogP contribution is 2.28. The lowest BCUT2D eigenvalue weighted by atomic mass is 9.90. The van der Waals surface area contributed by atoms with Gasteiger partial charge in [0, 0.05) is 45.3 Å². The number of nitrogens with one attached hydrogen (secondary N) is 2. The lowest BCUT2D eigenvalue weighted by Gasteiger charge is -2.30. The number of hydrogen-bond acceptors (Lipinski definition) is 4. The molecule has 3 heterocycles. The van der Waals surface area contributed by atoms with Crippen LogP contribution in [0.4, 0.5) is 0 Å². The van der Waals surface area contributed by atoms with Crippen LogP contribution >= 0.6 is 0 Å². The van der Waals surface area contributed by atoms with Gasteiger partial charge in [-0.2, -0.15) is 5.10 Å². The number of hydrogen-bond donors (Lipinski definition) is 2. The van der Waals surface area contributed by atoms with E-state index < -0.39 is 6.04 Å². The van der Waals surface area contributed by atoms with Crippen molar-refractivity contribution >= 4 is 11.8 Å². The maximum absolute atomic E-state index is 12.7. The maximum Gasteiger partial charge on any atom is 0.244 e. The minimum Gasteiger partial charge on any atom is -0.344 e. The van der Waals surface area contributed by atoms with Crippen molar-refractivity contribution in [2.75, 3.05) is 26.2 Å². The van der Waals surface area contributed by atoms with Crippen molar-refractivity contribution in [1.29, 1.82) is 0 Å². The molecule has 0 bridgehead atoms. The van der Waals surface area contributed by atoms with Gasteiger partial charge in [-0.05, 0) is 31.7 Å². The number of rotatable bonds is 4. The van der Waals surface area contributed by atoms with Crippen molar-refractivity contribution in [3.8, 4) is 0 Å². The molecule has 0 unspecified atom stereocenters. The Morgan fingerprint density at radius 1 is 1.29 bits per heavy atom. The topological polar surface area (TPSA) is 79.3 Å². The first-order valence-electron chi connectivity index (χ1n) is 8.84. The molecule has 3 atom stereocenters. The van der Waals surface area contributed by atoms with Gasteiger partial charge in [-0.15, -0.1) is 0 Å². The van der Waals surface area contributed by atoms with Gasteiger partial charge in [-0.25, -0.2) is 0 Å². The molecule has 24 heavy (non-hydrogen) atoms. The summed E-state index contributed by atoms with van der Waals surface area (Å²) in [5.41, 5.74) is 1.07. The van der Waals surface area contributed by atoms with Gasteiger partial charge in [0.05, 0.1) is 12.1 Å². The van der Waals surface area contributed by atoms with Crippen molar-refractivity contribution in [3.63, 3.8) is 0 Å². The first-order chi connectivity index (χ1) is 11.6. The third kappa shape index (κ3) is 3.61. The Morgan fingerprint density at radius 3 is 2.71 bits per heavy atom. The molecule has 0 aliphatic carbocycles. The average molecular weight is 333 g/mol. The molecule has 1 aromatic rings. The number of amides is 2. The monoisotopic (exact) mass is 333 g/mol. The summed E-state index contributed by atoms with van der Waals surface area (Å²) in [7, 11) is 1.88. The second kappa shape index (κ2) is 7.34. The molecule has 0 saturated carbocycles. The molecule has 3 rings (SSSR count). The summed E-state index contributed by atoms with van der Waals surface area (Å²) in [6, 6.07) is -0.467. The number of nitrogens with zero attached hydrogens (tertiary/aromatic N) is 3. The highest BCUT2D eigenvalue weighted by atomic mass is 16.2. The zero-order valence-corrected chi connectivity index (χ0v) is 14.5. The summed E-state index contributed by atoms with van der Waals surface area (Å²) in [5.74, 6) is -0.0690. The Labute approximate surface area is 142 Å². The van der Waals surface area contributed by atoms with Crippen LogP contribution in [-0.2, 0) is 16.6 Å². The number of aromatic nitrogens is 2. The van der Waals surface area contributed by atoms with Gasteiger partial charge in [-0.1, -0.05) is 0 Å². The Morgan fingerprint density at radius 2 is 2.04 bits per heavy atom. The molecular formula is C17H27N5O2. The predicted molar refractivity (Wildman–Crippen MR) is 90.3 cm³/mol. The van der Waals surface area contributed by atoms with E-state index >= 15 is 0 Å². The van der Waals surface area contributed by atoms with E-state index in [1.54, 1.807) is 11.6 Å². The normalized spacial score (nSPS) is 25.5. The fourth-order valence-corrected chi connectivity index (χ4v) is 3.71. The van der Waals surface area contributed by atoms with Gasteiger partial charge in [0.1, 0.15) is 6.04 Å². The standard InChI is InChI=1S/C17H27N5O2/c1-12(17(24)22-6-4-3-5-7-22)20-16(23)15-10-18-9-14(15)13-8-19-21(2)11-13/h8,11-12,14-15,18H,3-7,9-10H2,1-2H3,(H,20,23)/t12-,14+,15-/m0/s1. The summed E-state index contributed by atoms with van der Waals surface area (Å²) in [6.45, 7) is 4.80.